The van der Waals surface area contributed by atoms with Crippen molar-refractivity contribution >= 4 is 43.6 Å². The molecule has 0 N–H and O–H groups in total. The number of aromatic nitrogens is 5. The van der Waals surface area contributed by atoms with Crippen LogP contribution < -0.4 is 0 Å². The summed E-state index contributed by atoms with van der Waals surface area (Å²) in [5, 5.41) is 2.26. The maximum atomic E-state index is 16.6. The molecule has 0 fully saturated rings. The third-order valence-electron chi connectivity index (χ3n) is 11.8. The monoisotopic (exact) mass is 899 g/mol. The van der Waals surface area contributed by atoms with Gasteiger partial charge in [-0.3, -0.25) is 0 Å². The second kappa shape index (κ2) is 15.0. The van der Waals surface area contributed by atoms with Gasteiger partial charge in [0.05, 0.1) is 44.6 Å². The molecule has 0 spiro atoms. The SMILES string of the molecule is Cc1cc(-c2ccc3c4ccccc4n(-c4cc(-c5nc(C)nc(C)n5)cc(-n5c6ccccc6c6ccc(-c7cc(C)cc(C(F)(F)F)c7)cc65)c4C(F)(F)F)c3c2)cc(C(F)(F)F)c1. The molecule has 0 unspecified atom stereocenters. The van der Waals surface area contributed by atoms with Crippen LogP contribution in [0.3, 0.4) is 0 Å². The Morgan fingerprint density at radius 1 is 0.364 bits per heavy atom. The number of hydrogen-bond donors (Lipinski definition) is 0. The van der Waals surface area contributed by atoms with Crippen LogP contribution in [0.5, 0.6) is 0 Å². The van der Waals surface area contributed by atoms with E-state index in [1.165, 1.54) is 21.3 Å². The summed E-state index contributed by atoms with van der Waals surface area (Å²) in [5.74, 6) is 0.713. The van der Waals surface area contributed by atoms with E-state index in [0.717, 1.165) is 24.3 Å². The molecule has 0 aliphatic rings. The molecule has 3 aromatic heterocycles. The van der Waals surface area contributed by atoms with Crippen LogP contribution in [0, 0.1) is 27.7 Å². The van der Waals surface area contributed by atoms with Gasteiger partial charge < -0.3 is 9.13 Å². The first-order valence-electron chi connectivity index (χ1n) is 20.6. The second-order valence-corrected chi connectivity index (χ2v) is 16.5. The normalized spacial score (nSPS) is 12.6. The fourth-order valence-electron chi connectivity index (χ4n) is 9.17. The molecule has 14 heteroatoms. The number of fused-ring (bicyclic) bond motifs is 6. The Hall–Kier alpha value is -7.48. The molecule has 10 aromatic rings. The van der Waals surface area contributed by atoms with E-state index in [-0.39, 0.29) is 44.9 Å². The van der Waals surface area contributed by atoms with E-state index in [4.69, 9.17) is 0 Å². The van der Waals surface area contributed by atoms with Crippen molar-refractivity contribution < 1.29 is 39.5 Å². The summed E-state index contributed by atoms with van der Waals surface area (Å²) in [6, 6.07) is 33.6. The van der Waals surface area contributed by atoms with E-state index in [1.54, 1.807) is 125 Å². The lowest BCUT2D eigenvalue weighted by Crippen LogP contribution is -2.16. The minimum Gasteiger partial charge on any atom is -0.309 e. The van der Waals surface area contributed by atoms with Crippen molar-refractivity contribution in [3.8, 4) is 45.0 Å². The number of para-hydroxylation sites is 2. The van der Waals surface area contributed by atoms with Gasteiger partial charge in [-0.25, -0.2) is 15.0 Å². The number of aryl methyl sites for hydroxylation is 4. The second-order valence-electron chi connectivity index (χ2n) is 16.5. The average molecular weight is 900 g/mol. The van der Waals surface area contributed by atoms with E-state index in [9.17, 15) is 26.3 Å². The summed E-state index contributed by atoms with van der Waals surface area (Å²) in [6.07, 6.45) is -14.4. The lowest BCUT2D eigenvalue weighted by molar-refractivity contribution is -0.138. The lowest BCUT2D eigenvalue weighted by Gasteiger charge is -2.23. The number of nitrogens with zero attached hydrogens (tertiary/aromatic N) is 5. The van der Waals surface area contributed by atoms with Crippen molar-refractivity contribution in [3.05, 3.63) is 173 Å². The standard InChI is InChI=1S/C52H34F9N5/c1-27-17-33(21-36(19-27)50(53,54)55)31-13-15-40-38-9-5-7-11-42(38)65(44(40)23-31)46-25-35(49-63-29(3)62-30(4)64-49)26-47(48(46)52(59,60)61)66-43-12-8-6-10-39(43)41-16-14-32(24-45(41)66)34-18-28(2)20-37(22-34)51(56,57)58/h5-26H,1-4H3. The van der Waals surface area contributed by atoms with Gasteiger partial charge in [0.15, 0.2) is 5.82 Å². The van der Waals surface area contributed by atoms with Gasteiger partial charge in [-0.15, -0.1) is 0 Å². The molecule has 330 valence electrons. The van der Waals surface area contributed by atoms with Crippen LogP contribution in [-0.4, -0.2) is 24.1 Å². The maximum absolute atomic E-state index is 16.6. The van der Waals surface area contributed by atoms with Crippen LogP contribution in [0.1, 0.15) is 39.5 Å². The van der Waals surface area contributed by atoms with Crippen LogP contribution in [0.2, 0.25) is 0 Å². The summed E-state index contributed by atoms with van der Waals surface area (Å²) >= 11 is 0. The predicted octanol–water partition coefficient (Wildman–Crippen LogP) is 15.4. The van der Waals surface area contributed by atoms with E-state index < -0.39 is 35.2 Å². The molecule has 7 aromatic carbocycles. The van der Waals surface area contributed by atoms with Gasteiger partial charge in [-0.2, -0.15) is 39.5 Å². The van der Waals surface area contributed by atoms with Crippen LogP contribution in [-0.2, 0) is 18.5 Å². The third kappa shape index (κ3) is 7.30. The summed E-state index contributed by atoms with van der Waals surface area (Å²) < 4.78 is 137. The van der Waals surface area contributed by atoms with E-state index in [0.29, 0.717) is 66.5 Å². The highest BCUT2D eigenvalue weighted by molar-refractivity contribution is 6.12. The van der Waals surface area contributed by atoms with Crippen molar-refractivity contribution in [2.75, 3.05) is 0 Å². The fraction of sp³-hybridized carbons (Fsp3) is 0.135. The molecule has 0 radical (unpaired) electrons. The van der Waals surface area contributed by atoms with Crippen molar-refractivity contribution in [2.45, 2.75) is 46.2 Å². The molecular weight excluding hydrogens is 866 g/mol. The molecule has 0 aliphatic carbocycles. The first-order chi connectivity index (χ1) is 31.2. The summed E-state index contributed by atoms with van der Waals surface area (Å²) in [6.45, 7) is 6.36. The topological polar surface area (TPSA) is 48.5 Å². The zero-order valence-electron chi connectivity index (χ0n) is 35.3. The minimum absolute atomic E-state index is 0.0815. The minimum atomic E-state index is -5.07. The summed E-state index contributed by atoms with van der Waals surface area (Å²) in [5.41, 5.74) is -0.128. The van der Waals surface area contributed by atoms with E-state index >= 15 is 13.2 Å². The first kappa shape index (κ1) is 42.5. The van der Waals surface area contributed by atoms with Crippen molar-refractivity contribution in [3.63, 3.8) is 0 Å². The van der Waals surface area contributed by atoms with Crippen LogP contribution in [0.15, 0.2) is 133 Å². The smallest absolute Gasteiger partial charge is 0.309 e. The lowest BCUT2D eigenvalue weighted by atomic mass is 9.98. The molecule has 3 heterocycles. The largest absolute Gasteiger partial charge is 0.420 e. The van der Waals surface area contributed by atoms with E-state index in [2.05, 4.69) is 15.0 Å². The highest BCUT2D eigenvalue weighted by atomic mass is 19.4. The summed E-state index contributed by atoms with van der Waals surface area (Å²) in [4.78, 5) is 13.4. The molecular formula is C52H34F9N5. The van der Waals surface area contributed by atoms with Gasteiger partial charge in [0, 0.05) is 27.1 Å². The summed E-state index contributed by atoms with van der Waals surface area (Å²) in [7, 11) is 0. The Bertz CT molecular complexity index is 3390. The van der Waals surface area contributed by atoms with E-state index in [1.807, 2.05) is 0 Å². The molecule has 66 heavy (non-hydrogen) atoms. The highest BCUT2D eigenvalue weighted by Crippen LogP contribution is 2.47. The van der Waals surface area contributed by atoms with Crippen molar-refractivity contribution in [1.29, 1.82) is 0 Å². The Morgan fingerprint density at radius 3 is 1.18 bits per heavy atom. The number of rotatable bonds is 5. The average Bonchev–Trinajstić information content (AvgIpc) is 3.76. The number of benzene rings is 7. The fourth-order valence-corrected chi connectivity index (χ4v) is 9.17. The number of halogens is 9. The molecule has 0 aliphatic heterocycles. The zero-order chi connectivity index (χ0) is 46.6. The molecule has 0 saturated carbocycles. The van der Waals surface area contributed by atoms with Crippen molar-refractivity contribution in [1.82, 2.24) is 24.1 Å². The van der Waals surface area contributed by atoms with Crippen LogP contribution in [0.25, 0.3) is 88.6 Å². The Morgan fingerprint density at radius 2 is 0.773 bits per heavy atom. The molecule has 5 nitrogen and oxygen atoms in total. The molecule has 0 saturated heterocycles. The van der Waals surface area contributed by atoms with Gasteiger partial charge >= 0.3 is 18.5 Å². The molecule has 0 atom stereocenters. The Kier molecular flexibility index (Phi) is 9.68. The van der Waals surface area contributed by atoms with Crippen LogP contribution in [0.4, 0.5) is 39.5 Å². The quantitative estimate of drug-likeness (QED) is 0.162. The van der Waals surface area contributed by atoms with Gasteiger partial charge in [-0.1, -0.05) is 72.8 Å². The Labute approximate surface area is 370 Å². The highest BCUT2D eigenvalue weighted by Gasteiger charge is 2.40. The number of alkyl halides is 9. The molecule has 0 bridgehead atoms. The predicted molar refractivity (Wildman–Crippen MR) is 239 cm³/mol. The van der Waals surface area contributed by atoms with Crippen molar-refractivity contribution in [2.24, 2.45) is 0 Å². The van der Waals surface area contributed by atoms with Gasteiger partial charge in [0.2, 0.25) is 0 Å². The number of hydrogen-bond acceptors (Lipinski definition) is 3. The maximum Gasteiger partial charge on any atom is 0.420 e. The first-order valence-corrected chi connectivity index (χ1v) is 20.6. The Balaban J connectivity index is 1.35. The zero-order valence-corrected chi connectivity index (χ0v) is 35.3. The van der Waals surface area contributed by atoms with Crippen LogP contribution >= 0.6 is 0 Å². The molecule has 0 amide bonds. The van der Waals surface area contributed by atoms with Gasteiger partial charge in [-0.05, 0) is 122 Å². The molecule has 10 rings (SSSR count). The van der Waals surface area contributed by atoms with Gasteiger partial charge in [0.1, 0.15) is 17.2 Å². The van der Waals surface area contributed by atoms with Gasteiger partial charge in [0.25, 0.3) is 0 Å². The third-order valence-corrected chi connectivity index (χ3v) is 11.8.